The number of aliphatic hydroxyl groups excluding tert-OH is 1. The van der Waals surface area contributed by atoms with Gasteiger partial charge in [-0.15, -0.1) is 0 Å². The van der Waals surface area contributed by atoms with Crippen LogP contribution < -0.4 is 4.74 Å². The third-order valence-corrected chi connectivity index (χ3v) is 1.64. The van der Waals surface area contributed by atoms with Crippen molar-refractivity contribution in [2.45, 2.75) is 13.0 Å². The number of hydrogen-bond acceptors (Lipinski definition) is 4. The minimum absolute atomic E-state index is 0.0792. The average molecular weight is 196 g/mol. The topological polar surface area (TPSA) is 66.8 Å². The first kappa shape index (κ1) is 10.5. The third-order valence-electron chi connectivity index (χ3n) is 1.64. The first-order valence-corrected chi connectivity index (χ1v) is 4.23. The van der Waals surface area contributed by atoms with E-state index in [-0.39, 0.29) is 23.7 Å². The van der Waals surface area contributed by atoms with Gasteiger partial charge in [0, 0.05) is 0 Å². The lowest BCUT2D eigenvalue weighted by Gasteiger charge is -2.10. The Kier molecular flexibility index (Phi) is 3.48. The average Bonchev–Trinajstić information content (AvgIpc) is 2.16. The van der Waals surface area contributed by atoms with Gasteiger partial charge < -0.3 is 14.9 Å². The van der Waals surface area contributed by atoms with E-state index in [1.165, 1.54) is 12.1 Å². The number of hydrogen-bond donors (Lipinski definition) is 2. The lowest BCUT2D eigenvalue weighted by atomic mass is 10.2. The van der Waals surface area contributed by atoms with Gasteiger partial charge in [-0.25, -0.2) is 0 Å². The highest BCUT2D eigenvalue weighted by Crippen LogP contribution is 2.28. The fraction of sp³-hybridized carbons (Fsp3) is 0.300. The molecule has 0 spiro atoms. The van der Waals surface area contributed by atoms with E-state index in [9.17, 15) is 9.90 Å². The van der Waals surface area contributed by atoms with Crippen LogP contribution in [0.1, 0.15) is 17.3 Å². The van der Waals surface area contributed by atoms with Crippen molar-refractivity contribution in [1.82, 2.24) is 0 Å². The number of carbonyl (C=O) groups is 1. The summed E-state index contributed by atoms with van der Waals surface area (Å²) in [5.74, 6) is 0.0126. The molecule has 0 aliphatic heterocycles. The highest BCUT2D eigenvalue weighted by molar-refractivity contribution is 5.80. The molecule has 0 aliphatic carbocycles. The first-order valence-electron chi connectivity index (χ1n) is 4.23. The van der Waals surface area contributed by atoms with E-state index in [2.05, 4.69) is 0 Å². The van der Waals surface area contributed by atoms with Gasteiger partial charge in [-0.3, -0.25) is 4.79 Å². The maximum absolute atomic E-state index is 10.5. The Morgan fingerprint density at radius 2 is 2.29 bits per heavy atom. The maximum Gasteiger partial charge on any atom is 0.168 e. The summed E-state index contributed by atoms with van der Waals surface area (Å²) in [5.41, 5.74) is 0.174. The van der Waals surface area contributed by atoms with Crippen LogP contribution in [0.3, 0.4) is 0 Å². The minimum Gasteiger partial charge on any atom is -0.504 e. The quantitative estimate of drug-likeness (QED) is 0.704. The summed E-state index contributed by atoms with van der Waals surface area (Å²) < 4.78 is 5.08. The second kappa shape index (κ2) is 4.62. The number of rotatable bonds is 4. The van der Waals surface area contributed by atoms with Gasteiger partial charge in [-0.2, -0.15) is 0 Å². The first-order chi connectivity index (χ1) is 6.65. The molecule has 1 atom stereocenters. The number of para-hydroxylation sites is 1. The third kappa shape index (κ3) is 2.47. The summed E-state index contributed by atoms with van der Waals surface area (Å²) in [6.45, 7) is 1.65. The van der Waals surface area contributed by atoms with Gasteiger partial charge in [0.2, 0.25) is 0 Å². The Hall–Kier alpha value is -1.55. The van der Waals surface area contributed by atoms with Crippen molar-refractivity contribution in [2.75, 3.05) is 6.61 Å². The molecule has 0 unspecified atom stereocenters. The summed E-state index contributed by atoms with van der Waals surface area (Å²) in [6.07, 6.45) is -0.0702. The molecule has 0 heterocycles. The fourth-order valence-corrected chi connectivity index (χ4v) is 0.961. The molecular formula is C10H12O4. The van der Waals surface area contributed by atoms with E-state index < -0.39 is 6.10 Å². The van der Waals surface area contributed by atoms with Gasteiger partial charge in [0.25, 0.3) is 0 Å². The monoisotopic (exact) mass is 196 g/mol. The van der Waals surface area contributed by atoms with E-state index in [0.717, 1.165) is 0 Å². The second-order valence-electron chi connectivity index (χ2n) is 2.97. The van der Waals surface area contributed by atoms with Crippen molar-refractivity contribution < 1.29 is 19.7 Å². The summed E-state index contributed by atoms with van der Waals surface area (Å²) in [4.78, 5) is 10.5. The highest BCUT2D eigenvalue weighted by atomic mass is 16.5. The molecule has 4 nitrogen and oxygen atoms in total. The molecule has 76 valence electrons. The van der Waals surface area contributed by atoms with Crippen LogP contribution in [-0.2, 0) is 0 Å². The molecule has 0 bridgehead atoms. The molecule has 0 radical (unpaired) electrons. The van der Waals surface area contributed by atoms with Crippen LogP contribution >= 0.6 is 0 Å². The zero-order valence-corrected chi connectivity index (χ0v) is 7.80. The van der Waals surface area contributed by atoms with Crippen molar-refractivity contribution in [3.63, 3.8) is 0 Å². The van der Waals surface area contributed by atoms with Crippen LogP contribution in [-0.4, -0.2) is 29.2 Å². The van der Waals surface area contributed by atoms with Crippen molar-refractivity contribution in [1.29, 1.82) is 0 Å². The summed E-state index contributed by atoms with van der Waals surface area (Å²) in [5, 5.41) is 18.4. The molecule has 1 aromatic carbocycles. The van der Waals surface area contributed by atoms with Gasteiger partial charge in [0.05, 0.1) is 11.7 Å². The number of benzene rings is 1. The molecule has 4 heteroatoms. The second-order valence-corrected chi connectivity index (χ2v) is 2.97. The number of aldehydes is 1. The maximum atomic E-state index is 10.5. The number of phenolic OH excluding ortho intramolecular Hbond substituents is 1. The zero-order valence-electron chi connectivity index (χ0n) is 7.80. The van der Waals surface area contributed by atoms with Crippen molar-refractivity contribution in [3.8, 4) is 11.5 Å². The van der Waals surface area contributed by atoms with Gasteiger partial charge >= 0.3 is 0 Å². The number of ether oxygens (including phenoxy) is 1. The van der Waals surface area contributed by atoms with Crippen LogP contribution in [0.15, 0.2) is 18.2 Å². The number of phenols is 1. The molecule has 1 aromatic rings. The van der Waals surface area contributed by atoms with Crippen LogP contribution in [0.5, 0.6) is 11.5 Å². The number of aliphatic hydroxyl groups is 1. The van der Waals surface area contributed by atoms with Crippen LogP contribution in [0.25, 0.3) is 0 Å². The molecule has 0 aromatic heterocycles. The Bertz CT molecular complexity index is 320. The largest absolute Gasteiger partial charge is 0.504 e. The standard InChI is InChI=1S/C10H12O4/c1-7(12)6-14-9-4-2-3-8(5-11)10(9)13/h2-5,7,12-13H,6H2,1H3/t7-/m0/s1. The van der Waals surface area contributed by atoms with Crippen LogP contribution in [0.2, 0.25) is 0 Å². The molecule has 0 saturated carbocycles. The Labute approximate surface area is 81.8 Å². The van der Waals surface area contributed by atoms with Gasteiger partial charge in [0.1, 0.15) is 6.61 Å². The SMILES string of the molecule is C[C@H](O)COc1cccc(C=O)c1O. The van der Waals surface area contributed by atoms with Crippen molar-refractivity contribution >= 4 is 6.29 Å². The molecule has 14 heavy (non-hydrogen) atoms. The van der Waals surface area contributed by atoms with E-state index in [4.69, 9.17) is 9.84 Å². The summed E-state index contributed by atoms with van der Waals surface area (Å²) in [6, 6.07) is 4.61. The predicted octanol–water partition coefficient (Wildman–Crippen LogP) is 0.964. The molecule has 1 rings (SSSR count). The van der Waals surface area contributed by atoms with E-state index in [1.807, 2.05) is 0 Å². The van der Waals surface area contributed by atoms with Crippen LogP contribution in [0.4, 0.5) is 0 Å². The smallest absolute Gasteiger partial charge is 0.168 e. The minimum atomic E-state index is -0.616. The summed E-state index contributed by atoms with van der Waals surface area (Å²) in [7, 11) is 0. The van der Waals surface area contributed by atoms with Gasteiger partial charge in [0.15, 0.2) is 17.8 Å². The van der Waals surface area contributed by atoms with E-state index in [0.29, 0.717) is 6.29 Å². The van der Waals surface area contributed by atoms with E-state index in [1.54, 1.807) is 13.0 Å². The lowest BCUT2D eigenvalue weighted by Crippen LogP contribution is -2.12. The van der Waals surface area contributed by atoms with Gasteiger partial charge in [-0.1, -0.05) is 6.07 Å². The lowest BCUT2D eigenvalue weighted by molar-refractivity contribution is 0.111. The van der Waals surface area contributed by atoms with Gasteiger partial charge in [-0.05, 0) is 19.1 Å². The number of aromatic hydroxyl groups is 1. The molecular weight excluding hydrogens is 184 g/mol. The van der Waals surface area contributed by atoms with Crippen molar-refractivity contribution in [3.05, 3.63) is 23.8 Å². The van der Waals surface area contributed by atoms with E-state index >= 15 is 0 Å². The normalized spacial score (nSPS) is 12.1. The Morgan fingerprint density at radius 1 is 1.57 bits per heavy atom. The molecule has 2 N–H and O–H groups in total. The predicted molar refractivity (Wildman–Crippen MR) is 50.7 cm³/mol. The summed E-state index contributed by atoms with van der Waals surface area (Å²) >= 11 is 0. The molecule has 0 aliphatic rings. The molecule has 0 fully saturated rings. The Morgan fingerprint density at radius 3 is 2.86 bits per heavy atom. The van der Waals surface area contributed by atoms with Crippen LogP contribution in [0, 0.1) is 0 Å². The highest BCUT2D eigenvalue weighted by Gasteiger charge is 2.07. The van der Waals surface area contributed by atoms with Crippen molar-refractivity contribution in [2.24, 2.45) is 0 Å². The Balaban J connectivity index is 2.81. The fourth-order valence-electron chi connectivity index (χ4n) is 0.961. The molecule has 0 amide bonds. The number of carbonyl (C=O) groups excluding carboxylic acids is 1. The zero-order chi connectivity index (χ0) is 10.6. The molecule has 0 saturated heterocycles.